The molecule has 0 aromatic heterocycles. The number of hydrogen-bond acceptors (Lipinski definition) is 3. The summed E-state index contributed by atoms with van der Waals surface area (Å²) in [6.45, 7) is 0. The second-order valence-electron chi connectivity index (χ2n) is 2.38. The largest absolute Gasteiger partial charge is 0.496 e. The minimum absolute atomic E-state index is 0.224. The lowest BCUT2D eigenvalue weighted by atomic mass is 9.80. The van der Waals surface area contributed by atoms with Crippen LogP contribution in [0.25, 0.3) is 0 Å². The summed E-state index contributed by atoms with van der Waals surface area (Å²) in [5, 5.41) is 18.1. The number of rotatable bonds is 2. The Morgan fingerprint density at radius 3 is 2.54 bits per heavy atom. The van der Waals surface area contributed by atoms with Crippen molar-refractivity contribution in [1.29, 1.82) is 0 Å². The Kier molecular flexibility index (Phi) is 3.61. The van der Waals surface area contributed by atoms with Gasteiger partial charge in [-0.1, -0.05) is 11.6 Å². The van der Waals surface area contributed by atoms with Crippen molar-refractivity contribution in [2.24, 2.45) is 0 Å². The second kappa shape index (κ2) is 4.33. The lowest BCUT2D eigenvalue weighted by molar-refractivity contribution is 0.410. The van der Waals surface area contributed by atoms with Crippen LogP contribution in [-0.2, 0) is 0 Å². The van der Waals surface area contributed by atoms with Gasteiger partial charge in [-0.15, -0.1) is 0 Å². The summed E-state index contributed by atoms with van der Waals surface area (Å²) in [5.41, 5.74) is 0.224. The van der Waals surface area contributed by atoms with Crippen molar-refractivity contribution in [2.75, 3.05) is 7.11 Å². The van der Waals surface area contributed by atoms with Crippen LogP contribution in [0, 0.1) is 0 Å². The number of ether oxygens (including phenoxy) is 1. The SMILES string of the molecule is COc1cc(B(O)O)c(Cl)cc1Br. The van der Waals surface area contributed by atoms with Gasteiger partial charge < -0.3 is 14.8 Å². The Morgan fingerprint density at radius 1 is 1.46 bits per heavy atom. The number of hydrogen-bond donors (Lipinski definition) is 2. The van der Waals surface area contributed by atoms with Gasteiger partial charge >= 0.3 is 7.12 Å². The first-order valence-electron chi connectivity index (χ1n) is 3.45. The molecule has 1 rings (SSSR count). The maximum Gasteiger partial charge on any atom is 0.490 e. The number of methoxy groups -OCH3 is 1. The molecule has 3 nitrogen and oxygen atoms in total. The first-order valence-corrected chi connectivity index (χ1v) is 4.62. The molecular weight excluding hydrogens is 258 g/mol. The highest BCUT2D eigenvalue weighted by Crippen LogP contribution is 2.26. The molecule has 1 aromatic carbocycles. The third-order valence-electron chi connectivity index (χ3n) is 1.55. The molecule has 0 spiro atoms. The Morgan fingerprint density at radius 2 is 2.08 bits per heavy atom. The van der Waals surface area contributed by atoms with E-state index in [9.17, 15) is 0 Å². The zero-order chi connectivity index (χ0) is 10.0. The standard InChI is InChI=1S/C7H7BBrClO3/c1-13-7-2-4(8(11)12)6(10)3-5(7)9/h2-3,11-12H,1H3. The van der Waals surface area contributed by atoms with Crippen LogP contribution in [0.15, 0.2) is 16.6 Å². The maximum atomic E-state index is 8.92. The Hall–Kier alpha value is -0.225. The molecule has 0 saturated carbocycles. The summed E-state index contributed by atoms with van der Waals surface area (Å²) < 4.78 is 5.63. The van der Waals surface area contributed by atoms with E-state index in [1.165, 1.54) is 13.2 Å². The van der Waals surface area contributed by atoms with E-state index in [0.29, 0.717) is 10.2 Å². The topological polar surface area (TPSA) is 49.7 Å². The van der Waals surface area contributed by atoms with Gasteiger partial charge in [0, 0.05) is 10.5 Å². The highest BCUT2D eigenvalue weighted by Gasteiger charge is 2.17. The van der Waals surface area contributed by atoms with Crippen molar-refractivity contribution in [2.45, 2.75) is 0 Å². The first kappa shape index (κ1) is 10.9. The number of halogens is 2. The maximum absolute atomic E-state index is 8.92. The summed E-state index contributed by atoms with van der Waals surface area (Å²) in [6, 6.07) is 3.02. The van der Waals surface area contributed by atoms with Gasteiger partial charge in [0.2, 0.25) is 0 Å². The van der Waals surface area contributed by atoms with Crippen molar-refractivity contribution >= 4 is 40.1 Å². The van der Waals surface area contributed by atoms with E-state index in [0.717, 1.165) is 0 Å². The van der Waals surface area contributed by atoms with Crippen LogP contribution in [0.5, 0.6) is 5.75 Å². The summed E-state index contributed by atoms with van der Waals surface area (Å²) in [7, 11) is -0.101. The van der Waals surface area contributed by atoms with Crippen molar-refractivity contribution in [3.8, 4) is 5.75 Å². The van der Waals surface area contributed by atoms with Crippen molar-refractivity contribution < 1.29 is 14.8 Å². The summed E-state index contributed by atoms with van der Waals surface area (Å²) >= 11 is 8.97. The molecule has 6 heteroatoms. The Balaban J connectivity index is 3.22. The summed E-state index contributed by atoms with van der Waals surface area (Å²) in [6.07, 6.45) is 0. The van der Waals surface area contributed by atoms with Gasteiger partial charge in [-0.3, -0.25) is 0 Å². The minimum atomic E-state index is -1.59. The highest BCUT2D eigenvalue weighted by atomic mass is 79.9. The Bertz CT molecular complexity index is 319. The highest BCUT2D eigenvalue weighted by molar-refractivity contribution is 9.10. The minimum Gasteiger partial charge on any atom is -0.496 e. The monoisotopic (exact) mass is 264 g/mol. The molecule has 70 valence electrons. The molecule has 13 heavy (non-hydrogen) atoms. The number of benzene rings is 1. The zero-order valence-electron chi connectivity index (χ0n) is 6.79. The zero-order valence-corrected chi connectivity index (χ0v) is 9.13. The molecule has 0 unspecified atom stereocenters. The molecule has 0 atom stereocenters. The van der Waals surface area contributed by atoms with Crippen LogP contribution in [0.2, 0.25) is 5.02 Å². The lowest BCUT2D eigenvalue weighted by Gasteiger charge is -2.07. The predicted octanol–water partition coefficient (Wildman–Crippen LogP) is 0.791. The molecule has 0 heterocycles. The van der Waals surface area contributed by atoms with Gasteiger partial charge in [-0.2, -0.15) is 0 Å². The van der Waals surface area contributed by atoms with E-state index in [1.807, 2.05) is 0 Å². The molecule has 0 fully saturated rings. The fourth-order valence-electron chi connectivity index (χ4n) is 0.899. The fourth-order valence-corrected chi connectivity index (χ4v) is 1.80. The van der Waals surface area contributed by atoms with Gasteiger partial charge in [0.25, 0.3) is 0 Å². The predicted molar refractivity (Wildman–Crippen MR) is 55.5 cm³/mol. The van der Waals surface area contributed by atoms with Gasteiger partial charge in [-0.05, 0) is 28.1 Å². The molecule has 0 amide bonds. The van der Waals surface area contributed by atoms with Crippen molar-refractivity contribution in [1.82, 2.24) is 0 Å². The van der Waals surface area contributed by atoms with E-state index in [4.69, 9.17) is 26.4 Å². The van der Waals surface area contributed by atoms with Gasteiger partial charge in [-0.25, -0.2) is 0 Å². The second-order valence-corrected chi connectivity index (χ2v) is 3.64. The first-order chi connectivity index (χ1) is 6.06. The molecule has 0 saturated heterocycles. The van der Waals surface area contributed by atoms with E-state index >= 15 is 0 Å². The summed E-state index contributed by atoms with van der Waals surface area (Å²) in [5.74, 6) is 0.507. The van der Waals surface area contributed by atoms with Crippen LogP contribution in [0.4, 0.5) is 0 Å². The van der Waals surface area contributed by atoms with Crippen LogP contribution in [-0.4, -0.2) is 24.3 Å². The van der Waals surface area contributed by atoms with Crippen LogP contribution in [0.3, 0.4) is 0 Å². The quantitative estimate of drug-likeness (QED) is 0.777. The van der Waals surface area contributed by atoms with Crippen LogP contribution in [0.1, 0.15) is 0 Å². The van der Waals surface area contributed by atoms with Crippen LogP contribution < -0.4 is 10.2 Å². The van der Waals surface area contributed by atoms with Gasteiger partial charge in [0.15, 0.2) is 0 Å². The van der Waals surface area contributed by atoms with Crippen molar-refractivity contribution in [3.05, 3.63) is 21.6 Å². The Labute approximate surface area is 89.6 Å². The molecule has 0 aliphatic rings. The van der Waals surface area contributed by atoms with Crippen LogP contribution >= 0.6 is 27.5 Å². The molecule has 0 aliphatic heterocycles. The molecule has 0 aliphatic carbocycles. The van der Waals surface area contributed by atoms with E-state index < -0.39 is 7.12 Å². The average molecular weight is 265 g/mol. The molecule has 0 radical (unpaired) electrons. The molecule has 1 aromatic rings. The smallest absolute Gasteiger partial charge is 0.490 e. The van der Waals surface area contributed by atoms with Crippen molar-refractivity contribution in [3.63, 3.8) is 0 Å². The van der Waals surface area contributed by atoms with E-state index in [-0.39, 0.29) is 10.5 Å². The third kappa shape index (κ3) is 2.37. The molecule has 2 N–H and O–H groups in total. The van der Waals surface area contributed by atoms with Gasteiger partial charge in [0.1, 0.15) is 5.75 Å². The lowest BCUT2D eigenvalue weighted by Crippen LogP contribution is -2.30. The average Bonchev–Trinajstić information content (AvgIpc) is 2.03. The molecular formula is C7H7BBrClO3. The summed E-state index contributed by atoms with van der Waals surface area (Å²) in [4.78, 5) is 0. The fraction of sp³-hybridized carbons (Fsp3) is 0.143. The van der Waals surface area contributed by atoms with E-state index in [2.05, 4.69) is 15.9 Å². The van der Waals surface area contributed by atoms with Gasteiger partial charge in [0.05, 0.1) is 11.6 Å². The molecule has 0 bridgehead atoms. The normalized spacial score (nSPS) is 9.92. The third-order valence-corrected chi connectivity index (χ3v) is 2.50. The van der Waals surface area contributed by atoms with E-state index in [1.54, 1.807) is 6.07 Å².